The molecule has 2 aromatic carbocycles. The molecular weight excluding hydrogens is 338 g/mol. The van der Waals surface area contributed by atoms with Crippen LogP contribution in [0.2, 0.25) is 0 Å². The monoisotopic (exact) mass is 355 g/mol. The van der Waals surface area contributed by atoms with Gasteiger partial charge in [-0.2, -0.15) is 0 Å². The lowest BCUT2D eigenvalue weighted by Crippen LogP contribution is -2.15. The van der Waals surface area contributed by atoms with Crippen molar-refractivity contribution in [3.63, 3.8) is 0 Å². The van der Waals surface area contributed by atoms with Gasteiger partial charge in [0.15, 0.2) is 0 Å². The number of anilines is 1. The second-order valence-corrected chi connectivity index (χ2v) is 8.62. The third kappa shape index (κ3) is 3.83. The van der Waals surface area contributed by atoms with Gasteiger partial charge >= 0.3 is 0 Å². The number of methoxy groups -OCH3 is 1. The Bertz CT molecular complexity index is 891. The van der Waals surface area contributed by atoms with Crippen molar-refractivity contribution < 1.29 is 21.6 Å². The van der Waals surface area contributed by atoms with Gasteiger partial charge in [-0.1, -0.05) is 18.2 Å². The summed E-state index contributed by atoms with van der Waals surface area (Å²) < 4.78 is 56.3. The molecule has 6 nitrogen and oxygen atoms in total. The molecule has 0 aromatic heterocycles. The molecule has 0 aliphatic carbocycles. The molecule has 0 amide bonds. The number of ether oxygens (including phenoxy) is 1. The van der Waals surface area contributed by atoms with Crippen molar-refractivity contribution in [3.8, 4) is 5.75 Å². The molecule has 0 saturated carbocycles. The van der Waals surface area contributed by atoms with E-state index in [1.54, 1.807) is 18.2 Å². The Balaban J connectivity index is 2.57. The fourth-order valence-electron chi connectivity index (χ4n) is 1.93. The van der Waals surface area contributed by atoms with Crippen molar-refractivity contribution in [3.05, 3.63) is 48.5 Å². The number of rotatable bonds is 6. The molecule has 23 heavy (non-hydrogen) atoms. The van der Waals surface area contributed by atoms with E-state index in [2.05, 4.69) is 4.72 Å². The predicted molar refractivity (Wildman–Crippen MR) is 88.0 cm³/mol. The number of hydrogen-bond donors (Lipinski definition) is 1. The average Bonchev–Trinajstić information content (AvgIpc) is 2.55. The van der Waals surface area contributed by atoms with E-state index in [-0.39, 0.29) is 27.0 Å². The van der Waals surface area contributed by atoms with Crippen LogP contribution in [0.1, 0.15) is 6.92 Å². The van der Waals surface area contributed by atoms with Gasteiger partial charge in [0.1, 0.15) is 10.6 Å². The van der Waals surface area contributed by atoms with Gasteiger partial charge in [-0.15, -0.1) is 0 Å². The topological polar surface area (TPSA) is 89.5 Å². The maximum atomic E-state index is 12.7. The van der Waals surface area contributed by atoms with Gasteiger partial charge in [0.25, 0.3) is 0 Å². The predicted octanol–water partition coefficient (Wildman–Crippen LogP) is 2.29. The molecule has 0 heterocycles. The molecule has 8 heteroatoms. The van der Waals surface area contributed by atoms with E-state index < -0.39 is 19.9 Å². The number of sulfonamides is 1. The molecule has 0 atom stereocenters. The smallest absolute Gasteiger partial charge is 0.232 e. The maximum absolute atomic E-state index is 12.7. The highest BCUT2D eigenvalue weighted by molar-refractivity contribution is 7.92. The summed E-state index contributed by atoms with van der Waals surface area (Å²) >= 11 is 0. The Morgan fingerprint density at radius 1 is 1.00 bits per heavy atom. The number of sulfone groups is 1. The first-order valence-corrected chi connectivity index (χ1v) is 9.92. The van der Waals surface area contributed by atoms with E-state index in [1.807, 2.05) is 0 Å². The van der Waals surface area contributed by atoms with E-state index >= 15 is 0 Å². The van der Waals surface area contributed by atoms with Crippen LogP contribution in [0.3, 0.4) is 0 Å². The van der Waals surface area contributed by atoms with Crippen LogP contribution in [-0.4, -0.2) is 29.7 Å². The fourth-order valence-corrected chi connectivity index (χ4v) is 4.03. The summed E-state index contributed by atoms with van der Waals surface area (Å²) in [5, 5.41) is 0. The van der Waals surface area contributed by atoms with Crippen LogP contribution in [0.4, 0.5) is 5.69 Å². The van der Waals surface area contributed by atoms with Crippen LogP contribution in [0.15, 0.2) is 58.3 Å². The highest BCUT2D eigenvalue weighted by Crippen LogP contribution is 2.32. The summed E-state index contributed by atoms with van der Waals surface area (Å²) in [6.07, 6.45) is 0. The first kappa shape index (κ1) is 17.3. The minimum Gasteiger partial charge on any atom is -0.495 e. The third-order valence-electron chi connectivity index (χ3n) is 3.16. The molecule has 0 fully saturated rings. The normalized spacial score (nSPS) is 11.9. The van der Waals surface area contributed by atoms with E-state index in [0.717, 1.165) is 0 Å². The largest absolute Gasteiger partial charge is 0.495 e. The Kier molecular flexibility index (Phi) is 4.96. The van der Waals surface area contributed by atoms with Crippen LogP contribution in [0, 0.1) is 0 Å². The lowest BCUT2D eigenvalue weighted by Gasteiger charge is -2.12. The third-order valence-corrected chi connectivity index (χ3v) is 6.26. The highest BCUT2D eigenvalue weighted by atomic mass is 32.2. The SMILES string of the molecule is CCS(=O)(=O)Nc1ccc(OC)c(S(=O)(=O)c2ccccc2)c1. The molecule has 0 bridgehead atoms. The van der Waals surface area contributed by atoms with Gasteiger partial charge in [0.2, 0.25) is 19.9 Å². The van der Waals surface area contributed by atoms with Crippen LogP contribution in [0.5, 0.6) is 5.75 Å². The first-order valence-electron chi connectivity index (χ1n) is 6.79. The molecule has 0 aliphatic rings. The van der Waals surface area contributed by atoms with Crippen molar-refractivity contribution in [2.24, 2.45) is 0 Å². The van der Waals surface area contributed by atoms with E-state index in [4.69, 9.17) is 4.74 Å². The zero-order valence-corrected chi connectivity index (χ0v) is 14.3. The quantitative estimate of drug-likeness (QED) is 0.859. The minimum absolute atomic E-state index is 0.0949. The molecule has 0 saturated heterocycles. The Morgan fingerprint density at radius 2 is 1.65 bits per heavy atom. The number of hydrogen-bond acceptors (Lipinski definition) is 5. The highest BCUT2D eigenvalue weighted by Gasteiger charge is 2.23. The Hall–Kier alpha value is -2.06. The zero-order valence-electron chi connectivity index (χ0n) is 12.7. The number of benzene rings is 2. The molecule has 0 spiro atoms. The van der Waals surface area contributed by atoms with Gasteiger partial charge in [-0.05, 0) is 37.3 Å². The van der Waals surface area contributed by atoms with Crippen molar-refractivity contribution in [2.45, 2.75) is 16.7 Å². The van der Waals surface area contributed by atoms with E-state index in [1.165, 1.54) is 44.4 Å². The second-order valence-electron chi connectivity index (χ2n) is 4.69. The molecular formula is C15H17NO5S2. The zero-order chi connectivity index (χ0) is 17.1. The van der Waals surface area contributed by atoms with Crippen LogP contribution in [0.25, 0.3) is 0 Å². The van der Waals surface area contributed by atoms with Crippen LogP contribution in [-0.2, 0) is 19.9 Å². The van der Waals surface area contributed by atoms with Crippen molar-refractivity contribution >= 4 is 25.5 Å². The Morgan fingerprint density at radius 3 is 2.22 bits per heavy atom. The van der Waals surface area contributed by atoms with Crippen molar-refractivity contribution in [1.82, 2.24) is 0 Å². The van der Waals surface area contributed by atoms with Crippen LogP contribution >= 0.6 is 0 Å². The lowest BCUT2D eigenvalue weighted by atomic mass is 10.3. The van der Waals surface area contributed by atoms with Gasteiger partial charge < -0.3 is 4.74 Å². The average molecular weight is 355 g/mol. The number of nitrogens with one attached hydrogen (secondary N) is 1. The molecule has 0 aliphatic heterocycles. The summed E-state index contributed by atoms with van der Waals surface area (Å²) in [5.41, 5.74) is 0.169. The molecule has 2 aromatic rings. The van der Waals surface area contributed by atoms with Crippen molar-refractivity contribution in [1.29, 1.82) is 0 Å². The second kappa shape index (κ2) is 6.59. The summed E-state index contributed by atoms with van der Waals surface area (Å²) in [7, 11) is -5.97. The molecule has 0 radical (unpaired) electrons. The van der Waals surface area contributed by atoms with E-state index in [9.17, 15) is 16.8 Å². The maximum Gasteiger partial charge on any atom is 0.232 e. The van der Waals surface area contributed by atoms with Gasteiger partial charge in [0, 0.05) is 0 Å². The fraction of sp³-hybridized carbons (Fsp3) is 0.200. The summed E-state index contributed by atoms with van der Waals surface area (Å²) in [4.78, 5) is 0.0105. The molecule has 1 N–H and O–H groups in total. The minimum atomic E-state index is -3.83. The van der Waals surface area contributed by atoms with Gasteiger partial charge in [-0.25, -0.2) is 16.8 Å². The van der Waals surface area contributed by atoms with Crippen LogP contribution < -0.4 is 9.46 Å². The molecule has 0 unspecified atom stereocenters. The summed E-state index contributed by atoms with van der Waals surface area (Å²) in [5.74, 6) is 0.0353. The van der Waals surface area contributed by atoms with Gasteiger partial charge in [-0.3, -0.25) is 4.72 Å². The van der Waals surface area contributed by atoms with Crippen molar-refractivity contribution in [2.75, 3.05) is 17.6 Å². The van der Waals surface area contributed by atoms with Gasteiger partial charge in [0.05, 0.1) is 23.4 Å². The summed E-state index contributed by atoms with van der Waals surface area (Å²) in [6, 6.07) is 12.0. The first-order chi connectivity index (χ1) is 10.8. The molecule has 2 rings (SSSR count). The lowest BCUT2D eigenvalue weighted by molar-refractivity contribution is 0.403. The Labute approximate surface area is 136 Å². The molecule has 124 valence electrons. The summed E-state index contributed by atoms with van der Waals surface area (Å²) in [6.45, 7) is 1.49. The standard InChI is InChI=1S/C15H17NO5S2/c1-3-22(17,18)16-12-9-10-14(21-2)15(11-12)23(19,20)13-7-5-4-6-8-13/h4-11,16H,3H2,1-2H3. The van der Waals surface area contributed by atoms with E-state index in [0.29, 0.717) is 0 Å².